The van der Waals surface area contributed by atoms with Crippen LogP contribution in [0, 0.1) is 0 Å². The van der Waals surface area contributed by atoms with Crippen LogP contribution in [0.5, 0.6) is 0 Å². The van der Waals surface area contributed by atoms with Crippen LogP contribution in [0.3, 0.4) is 0 Å². The van der Waals surface area contributed by atoms with Crippen molar-refractivity contribution >= 4 is 0 Å². The average molecular weight is 237 g/mol. The zero-order chi connectivity index (χ0) is 12.1. The Morgan fingerprint density at radius 3 is 3.12 bits per heavy atom. The zero-order valence-electron chi connectivity index (χ0n) is 10.9. The number of nitrogens with zero attached hydrogens (tertiary/aromatic N) is 2. The van der Waals surface area contributed by atoms with Crippen molar-refractivity contribution in [2.75, 3.05) is 13.7 Å². The van der Waals surface area contributed by atoms with E-state index >= 15 is 0 Å². The van der Waals surface area contributed by atoms with E-state index in [1.165, 1.54) is 12.8 Å². The number of nitrogens with one attached hydrogen (secondary N) is 1. The van der Waals surface area contributed by atoms with E-state index in [9.17, 15) is 0 Å². The molecule has 2 unspecified atom stereocenters. The van der Waals surface area contributed by atoms with Crippen LogP contribution in [0.1, 0.15) is 44.5 Å². The van der Waals surface area contributed by atoms with E-state index in [0.29, 0.717) is 0 Å². The van der Waals surface area contributed by atoms with Gasteiger partial charge in [0.05, 0.1) is 12.1 Å². The summed E-state index contributed by atoms with van der Waals surface area (Å²) >= 11 is 0. The molecule has 0 spiro atoms. The van der Waals surface area contributed by atoms with E-state index < -0.39 is 0 Å². The summed E-state index contributed by atoms with van der Waals surface area (Å²) in [6, 6.07) is 0.219. The Kier molecular flexibility index (Phi) is 4.57. The van der Waals surface area contributed by atoms with Crippen LogP contribution in [-0.2, 0) is 11.3 Å². The van der Waals surface area contributed by atoms with E-state index in [1.807, 2.05) is 13.2 Å². The van der Waals surface area contributed by atoms with Crippen LogP contribution in [0.4, 0.5) is 0 Å². The van der Waals surface area contributed by atoms with E-state index in [4.69, 9.17) is 4.74 Å². The number of ether oxygens (including phenoxy) is 1. The molecule has 0 amide bonds. The van der Waals surface area contributed by atoms with Gasteiger partial charge in [0.25, 0.3) is 0 Å². The molecule has 2 atom stereocenters. The summed E-state index contributed by atoms with van der Waals surface area (Å²) in [5, 5.41) is 3.36. The van der Waals surface area contributed by atoms with Gasteiger partial charge in [0.2, 0.25) is 0 Å². The number of rotatable bonds is 5. The molecule has 4 nitrogen and oxygen atoms in total. The number of hydrogen-bond donors (Lipinski definition) is 1. The van der Waals surface area contributed by atoms with Gasteiger partial charge in [-0.1, -0.05) is 6.92 Å². The topological polar surface area (TPSA) is 39.1 Å². The van der Waals surface area contributed by atoms with Crippen molar-refractivity contribution in [3.05, 3.63) is 18.2 Å². The summed E-state index contributed by atoms with van der Waals surface area (Å²) in [4.78, 5) is 4.50. The van der Waals surface area contributed by atoms with E-state index in [1.54, 1.807) is 0 Å². The maximum atomic E-state index is 5.87. The van der Waals surface area contributed by atoms with E-state index in [-0.39, 0.29) is 12.1 Å². The second-order valence-corrected chi connectivity index (χ2v) is 4.65. The van der Waals surface area contributed by atoms with Crippen molar-refractivity contribution in [3.63, 3.8) is 0 Å². The molecule has 2 rings (SSSR count). The van der Waals surface area contributed by atoms with E-state index in [2.05, 4.69) is 28.0 Å². The fourth-order valence-electron chi connectivity index (χ4n) is 2.54. The molecule has 0 bridgehead atoms. The van der Waals surface area contributed by atoms with Crippen molar-refractivity contribution in [1.82, 2.24) is 14.9 Å². The van der Waals surface area contributed by atoms with Gasteiger partial charge in [0.1, 0.15) is 5.82 Å². The van der Waals surface area contributed by atoms with Crippen LogP contribution in [0.2, 0.25) is 0 Å². The predicted octanol–water partition coefficient (Wildman–Crippen LogP) is 2.12. The Bertz CT molecular complexity index is 331. The Morgan fingerprint density at radius 2 is 2.47 bits per heavy atom. The number of aryl methyl sites for hydroxylation is 1. The van der Waals surface area contributed by atoms with Crippen molar-refractivity contribution in [2.24, 2.45) is 0 Å². The molecular weight excluding hydrogens is 214 g/mol. The molecule has 1 N–H and O–H groups in total. The molecular formula is C13H23N3O. The molecule has 1 aromatic rings. The third-order valence-electron chi connectivity index (χ3n) is 3.39. The quantitative estimate of drug-likeness (QED) is 0.852. The third-order valence-corrected chi connectivity index (χ3v) is 3.39. The lowest BCUT2D eigenvalue weighted by Crippen LogP contribution is -2.36. The summed E-state index contributed by atoms with van der Waals surface area (Å²) in [6.07, 6.45) is 8.93. The van der Waals surface area contributed by atoms with Crippen LogP contribution in [0.15, 0.2) is 12.4 Å². The largest absolute Gasteiger partial charge is 0.376 e. The maximum Gasteiger partial charge on any atom is 0.128 e. The van der Waals surface area contributed by atoms with Gasteiger partial charge < -0.3 is 14.6 Å². The molecule has 1 fully saturated rings. The minimum Gasteiger partial charge on any atom is -0.376 e. The van der Waals surface area contributed by atoms with Gasteiger partial charge in [-0.2, -0.15) is 0 Å². The molecule has 17 heavy (non-hydrogen) atoms. The second kappa shape index (κ2) is 6.17. The van der Waals surface area contributed by atoms with Gasteiger partial charge in [-0.15, -0.1) is 0 Å². The minimum absolute atomic E-state index is 0.219. The van der Waals surface area contributed by atoms with E-state index in [0.717, 1.165) is 31.8 Å². The molecule has 4 heteroatoms. The van der Waals surface area contributed by atoms with Crippen molar-refractivity contribution in [3.8, 4) is 0 Å². The monoisotopic (exact) mass is 237 g/mol. The first kappa shape index (κ1) is 12.6. The Balaban J connectivity index is 2.12. The summed E-state index contributed by atoms with van der Waals surface area (Å²) in [5.74, 6) is 1.11. The Morgan fingerprint density at radius 1 is 1.59 bits per heavy atom. The average Bonchev–Trinajstić information content (AvgIpc) is 2.81. The van der Waals surface area contributed by atoms with Crippen LogP contribution >= 0.6 is 0 Å². The molecule has 0 aromatic carbocycles. The van der Waals surface area contributed by atoms with Gasteiger partial charge in [-0.3, -0.25) is 0 Å². The highest BCUT2D eigenvalue weighted by Crippen LogP contribution is 2.25. The standard InChI is InChI=1S/C13H23N3O/c1-3-8-16-9-7-15-13(16)12(14-2)11-6-4-5-10-17-11/h7,9,11-12,14H,3-6,8,10H2,1-2H3. The fraction of sp³-hybridized carbons (Fsp3) is 0.769. The van der Waals surface area contributed by atoms with Crippen LogP contribution in [-0.4, -0.2) is 29.3 Å². The Hall–Kier alpha value is -0.870. The first-order valence-corrected chi connectivity index (χ1v) is 6.66. The molecule has 2 heterocycles. The molecule has 0 saturated carbocycles. The van der Waals surface area contributed by atoms with Crippen LogP contribution < -0.4 is 5.32 Å². The highest BCUT2D eigenvalue weighted by molar-refractivity contribution is 5.02. The SMILES string of the molecule is CCCn1ccnc1C(NC)C1CCCCO1. The molecule has 1 aliphatic rings. The van der Waals surface area contributed by atoms with Gasteiger partial charge in [0, 0.05) is 25.5 Å². The number of imidazole rings is 1. The van der Waals surface area contributed by atoms with Gasteiger partial charge >= 0.3 is 0 Å². The summed E-state index contributed by atoms with van der Waals surface area (Å²) in [5.41, 5.74) is 0. The highest BCUT2D eigenvalue weighted by Gasteiger charge is 2.27. The highest BCUT2D eigenvalue weighted by atomic mass is 16.5. The second-order valence-electron chi connectivity index (χ2n) is 4.65. The first-order chi connectivity index (χ1) is 8.36. The van der Waals surface area contributed by atoms with Crippen LogP contribution in [0.25, 0.3) is 0 Å². The molecule has 1 aromatic heterocycles. The molecule has 0 aliphatic carbocycles. The lowest BCUT2D eigenvalue weighted by atomic mass is 10.0. The molecule has 96 valence electrons. The molecule has 1 saturated heterocycles. The summed E-state index contributed by atoms with van der Waals surface area (Å²) < 4.78 is 8.11. The smallest absolute Gasteiger partial charge is 0.128 e. The van der Waals surface area contributed by atoms with Gasteiger partial charge in [-0.05, 0) is 32.7 Å². The zero-order valence-corrected chi connectivity index (χ0v) is 10.9. The predicted molar refractivity (Wildman–Crippen MR) is 67.9 cm³/mol. The number of aromatic nitrogens is 2. The third kappa shape index (κ3) is 2.87. The summed E-state index contributed by atoms with van der Waals surface area (Å²) in [6.45, 7) is 4.10. The molecule has 0 radical (unpaired) electrons. The van der Waals surface area contributed by atoms with Gasteiger partial charge in [-0.25, -0.2) is 4.98 Å². The van der Waals surface area contributed by atoms with Gasteiger partial charge in [0.15, 0.2) is 0 Å². The fourth-order valence-corrected chi connectivity index (χ4v) is 2.54. The van der Waals surface area contributed by atoms with Crippen molar-refractivity contribution < 1.29 is 4.74 Å². The first-order valence-electron chi connectivity index (χ1n) is 6.66. The lowest BCUT2D eigenvalue weighted by molar-refractivity contribution is -0.00912. The lowest BCUT2D eigenvalue weighted by Gasteiger charge is -2.30. The van der Waals surface area contributed by atoms with Crippen molar-refractivity contribution in [1.29, 1.82) is 0 Å². The minimum atomic E-state index is 0.219. The number of likely N-dealkylation sites (N-methyl/N-ethyl adjacent to an activating group) is 1. The molecule has 1 aliphatic heterocycles. The number of hydrogen-bond acceptors (Lipinski definition) is 3. The maximum absolute atomic E-state index is 5.87. The Labute approximate surface area is 103 Å². The van der Waals surface area contributed by atoms with Crippen molar-refractivity contribution in [2.45, 2.75) is 51.3 Å². The normalized spacial score (nSPS) is 22.6. The summed E-state index contributed by atoms with van der Waals surface area (Å²) in [7, 11) is 1.99.